The molecule has 0 radical (unpaired) electrons. The van der Waals surface area contributed by atoms with Gasteiger partial charge in [-0.1, -0.05) is 6.07 Å². The van der Waals surface area contributed by atoms with E-state index in [0.717, 1.165) is 24.3 Å². The number of anilines is 2. The molecule has 0 atom stereocenters. The van der Waals surface area contributed by atoms with Gasteiger partial charge in [-0.15, -0.1) is 0 Å². The molecule has 0 aliphatic heterocycles. The lowest BCUT2D eigenvalue weighted by Gasteiger charge is -2.20. The van der Waals surface area contributed by atoms with Crippen molar-refractivity contribution in [3.05, 3.63) is 66.2 Å². The molecule has 4 rings (SSSR count). The molecule has 0 fully saturated rings. The first-order valence-electron chi connectivity index (χ1n) is 10.9. The summed E-state index contributed by atoms with van der Waals surface area (Å²) in [4.78, 5) is 19.9. The van der Waals surface area contributed by atoms with Crippen LogP contribution >= 0.6 is 0 Å². The first-order chi connectivity index (χ1) is 16.1. The summed E-state index contributed by atoms with van der Waals surface area (Å²) in [6, 6.07) is 18.7. The summed E-state index contributed by atoms with van der Waals surface area (Å²) < 4.78 is 16.6. The molecule has 3 aromatic carbocycles. The number of fused-ring (bicyclic) bond motifs is 1. The second kappa shape index (κ2) is 9.65. The van der Waals surface area contributed by atoms with E-state index in [1.807, 2.05) is 12.1 Å². The molecule has 7 heteroatoms. The smallest absolute Gasteiger partial charge is 0.263 e. The van der Waals surface area contributed by atoms with Crippen LogP contribution in [0.5, 0.6) is 11.5 Å². The number of oxazole rings is 1. The van der Waals surface area contributed by atoms with Crippen LogP contribution in [0.1, 0.15) is 24.2 Å². The SMILES string of the molecule is CCN(CC)c1ccc(-c2nc3cc(NC(=O)c4c(OC)cccc4OC)ccc3o2)cc1. The fraction of sp³-hybridized carbons (Fsp3) is 0.231. The van der Waals surface area contributed by atoms with Crippen LogP contribution < -0.4 is 19.7 Å². The van der Waals surface area contributed by atoms with Crippen molar-refractivity contribution in [2.24, 2.45) is 0 Å². The molecule has 1 amide bonds. The van der Waals surface area contributed by atoms with Crippen molar-refractivity contribution in [1.29, 1.82) is 0 Å². The summed E-state index contributed by atoms with van der Waals surface area (Å²) in [6.07, 6.45) is 0. The number of benzene rings is 3. The van der Waals surface area contributed by atoms with Gasteiger partial charge in [-0.3, -0.25) is 4.79 Å². The average Bonchev–Trinajstić information content (AvgIpc) is 3.28. The van der Waals surface area contributed by atoms with Crippen molar-refractivity contribution >= 4 is 28.4 Å². The number of methoxy groups -OCH3 is 2. The Labute approximate surface area is 192 Å². The van der Waals surface area contributed by atoms with Gasteiger partial charge in [-0.2, -0.15) is 0 Å². The zero-order valence-electron chi connectivity index (χ0n) is 19.2. The lowest BCUT2D eigenvalue weighted by atomic mass is 10.1. The van der Waals surface area contributed by atoms with E-state index in [1.165, 1.54) is 14.2 Å². The second-order valence-electron chi connectivity index (χ2n) is 7.41. The standard InChI is InChI=1S/C26H27N3O4/c1-5-29(6-2)19-13-10-17(11-14-19)26-28-20-16-18(12-15-21(20)33-26)27-25(30)24-22(31-3)8-7-9-23(24)32-4/h7-16H,5-6H2,1-4H3,(H,27,30). The molecule has 0 unspecified atom stereocenters. The van der Waals surface area contributed by atoms with Gasteiger partial charge < -0.3 is 24.1 Å². The van der Waals surface area contributed by atoms with Crippen LogP contribution in [0, 0.1) is 0 Å². The first kappa shape index (κ1) is 22.2. The average molecular weight is 446 g/mol. The monoisotopic (exact) mass is 445 g/mol. The van der Waals surface area contributed by atoms with Gasteiger partial charge in [0.05, 0.1) is 14.2 Å². The molecule has 0 aliphatic carbocycles. The number of aromatic nitrogens is 1. The Hall–Kier alpha value is -4.00. The molecule has 7 nitrogen and oxygen atoms in total. The molecule has 1 aromatic heterocycles. The van der Waals surface area contributed by atoms with Crippen molar-refractivity contribution in [2.75, 3.05) is 37.5 Å². The van der Waals surface area contributed by atoms with Gasteiger partial charge in [-0.05, 0) is 68.4 Å². The van der Waals surface area contributed by atoms with Crippen molar-refractivity contribution in [2.45, 2.75) is 13.8 Å². The third-order valence-electron chi connectivity index (χ3n) is 5.54. The van der Waals surface area contributed by atoms with Gasteiger partial charge in [0.1, 0.15) is 22.6 Å². The minimum absolute atomic E-state index is 0.330. The number of amides is 1. The molecule has 0 spiro atoms. The summed E-state index contributed by atoms with van der Waals surface area (Å²) in [5, 5.41) is 2.90. The summed E-state index contributed by atoms with van der Waals surface area (Å²) >= 11 is 0. The number of ether oxygens (including phenoxy) is 2. The highest BCUT2D eigenvalue weighted by atomic mass is 16.5. The van der Waals surface area contributed by atoms with E-state index in [0.29, 0.717) is 39.7 Å². The Balaban J connectivity index is 1.59. The van der Waals surface area contributed by atoms with Crippen LogP contribution in [0.25, 0.3) is 22.6 Å². The predicted molar refractivity (Wildman–Crippen MR) is 131 cm³/mol. The number of rotatable bonds is 8. The highest BCUT2D eigenvalue weighted by molar-refractivity contribution is 6.08. The molecule has 0 bridgehead atoms. The maximum atomic E-state index is 13.0. The van der Waals surface area contributed by atoms with Crippen LogP contribution in [0.4, 0.5) is 11.4 Å². The number of carbonyl (C=O) groups excluding carboxylic acids is 1. The van der Waals surface area contributed by atoms with Gasteiger partial charge in [0.15, 0.2) is 5.58 Å². The van der Waals surface area contributed by atoms with Gasteiger partial charge in [0.25, 0.3) is 5.91 Å². The van der Waals surface area contributed by atoms with E-state index in [1.54, 1.807) is 36.4 Å². The topological polar surface area (TPSA) is 76.8 Å². The molecule has 1 N–H and O–H groups in total. The molecule has 0 saturated carbocycles. The van der Waals surface area contributed by atoms with Crippen molar-refractivity contribution in [3.63, 3.8) is 0 Å². The Morgan fingerprint density at radius 3 is 2.24 bits per heavy atom. The Morgan fingerprint density at radius 1 is 0.970 bits per heavy atom. The number of nitrogens with zero attached hydrogens (tertiary/aromatic N) is 2. The fourth-order valence-corrected chi connectivity index (χ4v) is 3.80. The van der Waals surface area contributed by atoms with Crippen LogP contribution in [0.15, 0.2) is 65.1 Å². The number of nitrogens with one attached hydrogen (secondary N) is 1. The zero-order chi connectivity index (χ0) is 23.4. The van der Waals surface area contributed by atoms with Gasteiger partial charge in [-0.25, -0.2) is 4.98 Å². The highest BCUT2D eigenvalue weighted by Gasteiger charge is 2.19. The third kappa shape index (κ3) is 4.48. The van der Waals surface area contributed by atoms with Crippen LogP contribution in [0.3, 0.4) is 0 Å². The Bertz CT molecular complexity index is 1240. The maximum Gasteiger partial charge on any atom is 0.263 e. The first-order valence-corrected chi connectivity index (χ1v) is 10.9. The van der Waals surface area contributed by atoms with Gasteiger partial charge in [0.2, 0.25) is 5.89 Å². The van der Waals surface area contributed by atoms with Crippen LogP contribution in [0.2, 0.25) is 0 Å². The molecule has 0 saturated heterocycles. The largest absolute Gasteiger partial charge is 0.496 e. The molecule has 170 valence electrons. The third-order valence-corrected chi connectivity index (χ3v) is 5.54. The van der Waals surface area contributed by atoms with E-state index in [2.05, 4.69) is 41.2 Å². The molecule has 33 heavy (non-hydrogen) atoms. The molecule has 4 aromatic rings. The van der Waals surface area contributed by atoms with E-state index < -0.39 is 0 Å². The molecule has 0 aliphatic rings. The van der Waals surface area contributed by atoms with Crippen LogP contribution in [-0.2, 0) is 0 Å². The number of hydrogen-bond donors (Lipinski definition) is 1. The summed E-state index contributed by atoms with van der Waals surface area (Å²) in [5.41, 5.74) is 4.28. The van der Waals surface area contributed by atoms with Crippen LogP contribution in [-0.4, -0.2) is 38.2 Å². The Morgan fingerprint density at radius 2 is 1.64 bits per heavy atom. The summed E-state index contributed by atoms with van der Waals surface area (Å²) in [7, 11) is 3.03. The molecule has 1 heterocycles. The van der Waals surface area contributed by atoms with Crippen molar-refractivity contribution in [1.82, 2.24) is 4.98 Å². The normalized spacial score (nSPS) is 10.8. The lowest BCUT2D eigenvalue weighted by molar-refractivity contribution is 0.102. The van der Waals surface area contributed by atoms with E-state index in [-0.39, 0.29) is 5.91 Å². The lowest BCUT2D eigenvalue weighted by Crippen LogP contribution is -2.21. The second-order valence-corrected chi connectivity index (χ2v) is 7.41. The van der Waals surface area contributed by atoms with E-state index in [4.69, 9.17) is 13.9 Å². The number of hydrogen-bond acceptors (Lipinski definition) is 6. The minimum Gasteiger partial charge on any atom is -0.496 e. The summed E-state index contributed by atoms with van der Waals surface area (Å²) in [6.45, 7) is 6.18. The zero-order valence-corrected chi connectivity index (χ0v) is 19.2. The summed E-state index contributed by atoms with van der Waals surface area (Å²) in [5.74, 6) is 1.07. The maximum absolute atomic E-state index is 13.0. The van der Waals surface area contributed by atoms with E-state index in [9.17, 15) is 4.79 Å². The van der Waals surface area contributed by atoms with Crippen molar-refractivity contribution in [3.8, 4) is 23.0 Å². The minimum atomic E-state index is -0.334. The number of carbonyl (C=O) groups is 1. The van der Waals surface area contributed by atoms with Gasteiger partial charge in [0, 0.05) is 30.0 Å². The quantitative estimate of drug-likeness (QED) is 0.380. The predicted octanol–water partition coefficient (Wildman–Crippen LogP) is 5.61. The van der Waals surface area contributed by atoms with E-state index >= 15 is 0 Å². The highest BCUT2D eigenvalue weighted by Crippen LogP contribution is 2.31. The van der Waals surface area contributed by atoms with Gasteiger partial charge >= 0.3 is 0 Å². The fourth-order valence-electron chi connectivity index (χ4n) is 3.80. The molecular formula is C26H27N3O4. The Kier molecular flexibility index (Phi) is 6.49. The molecular weight excluding hydrogens is 418 g/mol. The van der Waals surface area contributed by atoms with Crippen molar-refractivity contribution < 1.29 is 18.7 Å².